The number of hydrogen-bond acceptors (Lipinski definition) is 4. The molecule has 0 aromatic heterocycles. The lowest BCUT2D eigenvalue weighted by Gasteiger charge is -2.20. The van der Waals surface area contributed by atoms with Crippen molar-refractivity contribution in [3.63, 3.8) is 0 Å². The van der Waals surface area contributed by atoms with Gasteiger partial charge in [-0.25, -0.2) is 4.79 Å². The predicted molar refractivity (Wildman–Crippen MR) is 77.3 cm³/mol. The SMILES string of the molecule is C=CCOC(=O)N[C@@H](CC(=O)O)c1ccccc1OCC. The van der Waals surface area contributed by atoms with Gasteiger partial charge in [0.05, 0.1) is 19.1 Å². The number of carboxylic acid groups (broad SMARTS) is 1. The molecule has 0 aliphatic carbocycles. The maximum absolute atomic E-state index is 11.6. The minimum atomic E-state index is -1.03. The van der Waals surface area contributed by atoms with Crippen molar-refractivity contribution in [1.82, 2.24) is 5.32 Å². The van der Waals surface area contributed by atoms with E-state index in [0.29, 0.717) is 17.9 Å². The normalized spacial score (nSPS) is 11.3. The van der Waals surface area contributed by atoms with Crippen LogP contribution in [0.4, 0.5) is 4.79 Å². The molecular formula is C15H19NO5. The highest BCUT2D eigenvalue weighted by Crippen LogP contribution is 2.27. The molecule has 1 aromatic rings. The Labute approximate surface area is 123 Å². The minimum absolute atomic E-state index is 0.0543. The third kappa shape index (κ3) is 5.56. The molecule has 0 saturated carbocycles. The van der Waals surface area contributed by atoms with E-state index in [4.69, 9.17) is 14.6 Å². The second kappa shape index (κ2) is 8.63. The van der Waals surface area contributed by atoms with Crippen molar-refractivity contribution < 1.29 is 24.2 Å². The molecule has 2 N–H and O–H groups in total. The summed E-state index contributed by atoms with van der Waals surface area (Å²) in [7, 11) is 0. The summed E-state index contributed by atoms with van der Waals surface area (Å²) in [5.74, 6) is -0.495. The zero-order chi connectivity index (χ0) is 15.7. The fourth-order valence-corrected chi connectivity index (χ4v) is 1.79. The number of benzene rings is 1. The van der Waals surface area contributed by atoms with Crippen molar-refractivity contribution in [3.8, 4) is 5.75 Å². The standard InChI is InChI=1S/C15H19NO5/c1-3-9-21-15(19)16-12(10-14(17)18)11-7-5-6-8-13(11)20-4-2/h3,5-8,12H,1,4,9-10H2,2H3,(H,16,19)(H,17,18)/t12-/m0/s1. The molecule has 0 saturated heterocycles. The zero-order valence-electron chi connectivity index (χ0n) is 11.9. The second-order valence-corrected chi connectivity index (χ2v) is 4.15. The predicted octanol–water partition coefficient (Wildman–Crippen LogP) is 2.51. The van der Waals surface area contributed by atoms with Crippen LogP contribution in [-0.2, 0) is 9.53 Å². The summed E-state index contributed by atoms with van der Waals surface area (Å²) in [6.07, 6.45) is 0.458. The Balaban J connectivity index is 2.93. The number of rotatable bonds is 8. The van der Waals surface area contributed by atoms with Gasteiger partial charge in [-0.3, -0.25) is 4.79 Å². The van der Waals surface area contributed by atoms with Crippen LogP contribution in [0.3, 0.4) is 0 Å². The highest BCUT2D eigenvalue weighted by Gasteiger charge is 2.21. The van der Waals surface area contributed by atoms with Crippen LogP contribution in [0.5, 0.6) is 5.75 Å². The Morgan fingerprint density at radius 1 is 1.43 bits per heavy atom. The van der Waals surface area contributed by atoms with Crippen LogP contribution in [-0.4, -0.2) is 30.4 Å². The molecular weight excluding hydrogens is 274 g/mol. The highest BCUT2D eigenvalue weighted by molar-refractivity contribution is 5.72. The molecule has 0 radical (unpaired) electrons. The van der Waals surface area contributed by atoms with Gasteiger partial charge >= 0.3 is 12.1 Å². The number of hydrogen-bond donors (Lipinski definition) is 2. The van der Waals surface area contributed by atoms with Gasteiger partial charge in [0.25, 0.3) is 0 Å². The van der Waals surface area contributed by atoms with Crippen molar-refractivity contribution in [2.45, 2.75) is 19.4 Å². The molecule has 1 amide bonds. The molecule has 0 aliphatic heterocycles. The van der Waals surface area contributed by atoms with Crippen molar-refractivity contribution in [2.24, 2.45) is 0 Å². The Hall–Kier alpha value is -2.50. The summed E-state index contributed by atoms with van der Waals surface area (Å²) in [5, 5.41) is 11.5. The Morgan fingerprint density at radius 2 is 2.14 bits per heavy atom. The van der Waals surface area contributed by atoms with Crippen LogP contribution in [0, 0.1) is 0 Å². The van der Waals surface area contributed by atoms with Crippen molar-refractivity contribution in [2.75, 3.05) is 13.2 Å². The van der Waals surface area contributed by atoms with Gasteiger partial charge in [-0.05, 0) is 13.0 Å². The van der Waals surface area contributed by atoms with Crippen molar-refractivity contribution in [1.29, 1.82) is 0 Å². The maximum atomic E-state index is 11.6. The number of nitrogens with one attached hydrogen (secondary N) is 1. The molecule has 0 fully saturated rings. The molecule has 6 heteroatoms. The molecule has 0 aliphatic rings. The Bertz CT molecular complexity index is 501. The van der Waals surface area contributed by atoms with E-state index in [9.17, 15) is 9.59 Å². The number of carbonyl (C=O) groups is 2. The lowest BCUT2D eigenvalue weighted by molar-refractivity contribution is -0.137. The lowest BCUT2D eigenvalue weighted by Crippen LogP contribution is -2.31. The third-order valence-electron chi connectivity index (χ3n) is 2.60. The van der Waals surface area contributed by atoms with E-state index in [1.54, 1.807) is 24.3 Å². The number of carboxylic acids is 1. The summed E-state index contributed by atoms with van der Waals surface area (Å²) in [6.45, 7) is 5.76. The van der Waals surface area contributed by atoms with E-state index < -0.39 is 18.1 Å². The molecule has 0 bridgehead atoms. The summed E-state index contributed by atoms with van der Waals surface area (Å²) < 4.78 is 10.3. The first-order chi connectivity index (χ1) is 10.1. The van der Waals surface area contributed by atoms with E-state index in [1.165, 1.54) is 6.08 Å². The van der Waals surface area contributed by atoms with E-state index in [2.05, 4.69) is 11.9 Å². The molecule has 1 atom stereocenters. The van der Waals surface area contributed by atoms with Crippen LogP contribution >= 0.6 is 0 Å². The molecule has 1 rings (SSSR count). The number of ether oxygens (including phenoxy) is 2. The summed E-state index contributed by atoms with van der Waals surface area (Å²) in [6, 6.07) is 6.24. The summed E-state index contributed by atoms with van der Waals surface area (Å²) in [4.78, 5) is 22.6. The second-order valence-electron chi connectivity index (χ2n) is 4.15. The third-order valence-corrected chi connectivity index (χ3v) is 2.60. The summed E-state index contributed by atoms with van der Waals surface area (Å²) >= 11 is 0. The van der Waals surface area contributed by atoms with Gasteiger partial charge in [-0.2, -0.15) is 0 Å². The van der Waals surface area contributed by atoms with E-state index in [0.717, 1.165) is 0 Å². The number of alkyl carbamates (subject to hydrolysis) is 1. The largest absolute Gasteiger partial charge is 0.494 e. The maximum Gasteiger partial charge on any atom is 0.407 e. The average molecular weight is 293 g/mol. The lowest BCUT2D eigenvalue weighted by atomic mass is 10.0. The number of carbonyl (C=O) groups excluding carboxylic acids is 1. The minimum Gasteiger partial charge on any atom is -0.494 e. The monoisotopic (exact) mass is 293 g/mol. The average Bonchev–Trinajstić information content (AvgIpc) is 2.45. The Kier molecular flexibility index (Phi) is 6.80. The van der Waals surface area contributed by atoms with Gasteiger partial charge < -0.3 is 19.9 Å². The topological polar surface area (TPSA) is 84.9 Å². The van der Waals surface area contributed by atoms with Crippen LogP contribution in [0.25, 0.3) is 0 Å². The first-order valence-corrected chi connectivity index (χ1v) is 6.56. The first-order valence-electron chi connectivity index (χ1n) is 6.56. The summed E-state index contributed by atoms with van der Waals surface area (Å²) in [5.41, 5.74) is 0.595. The smallest absolute Gasteiger partial charge is 0.407 e. The molecule has 21 heavy (non-hydrogen) atoms. The van der Waals surface area contributed by atoms with Gasteiger partial charge in [0.15, 0.2) is 0 Å². The Morgan fingerprint density at radius 3 is 2.76 bits per heavy atom. The highest BCUT2D eigenvalue weighted by atomic mass is 16.5. The van der Waals surface area contributed by atoms with Crippen molar-refractivity contribution >= 4 is 12.1 Å². The van der Waals surface area contributed by atoms with Gasteiger partial charge in [-0.15, -0.1) is 0 Å². The fraction of sp³-hybridized carbons (Fsp3) is 0.333. The molecule has 0 spiro atoms. The number of para-hydroxylation sites is 1. The van der Waals surface area contributed by atoms with Crippen molar-refractivity contribution in [3.05, 3.63) is 42.5 Å². The van der Waals surface area contributed by atoms with Gasteiger partial charge in [0.1, 0.15) is 12.4 Å². The van der Waals surface area contributed by atoms with E-state index in [1.807, 2.05) is 6.92 Å². The van der Waals surface area contributed by atoms with Crippen LogP contribution in [0.15, 0.2) is 36.9 Å². The number of amides is 1. The zero-order valence-corrected chi connectivity index (χ0v) is 11.9. The molecule has 114 valence electrons. The van der Waals surface area contributed by atoms with Gasteiger partial charge in [-0.1, -0.05) is 30.9 Å². The van der Waals surface area contributed by atoms with Crippen LogP contribution in [0.2, 0.25) is 0 Å². The molecule has 1 aromatic carbocycles. The molecule has 0 unspecified atom stereocenters. The molecule has 0 heterocycles. The van der Waals surface area contributed by atoms with Gasteiger partial charge in [0, 0.05) is 5.56 Å². The fourth-order valence-electron chi connectivity index (χ4n) is 1.79. The number of aliphatic carboxylic acids is 1. The van der Waals surface area contributed by atoms with Crippen LogP contribution < -0.4 is 10.1 Å². The van der Waals surface area contributed by atoms with E-state index >= 15 is 0 Å². The van der Waals surface area contributed by atoms with E-state index in [-0.39, 0.29) is 13.0 Å². The van der Waals surface area contributed by atoms with Gasteiger partial charge in [0.2, 0.25) is 0 Å². The van der Waals surface area contributed by atoms with Crippen LogP contribution in [0.1, 0.15) is 24.9 Å². The first kappa shape index (κ1) is 16.6. The molecule has 6 nitrogen and oxygen atoms in total. The quantitative estimate of drug-likeness (QED) is 0.719.